The Kier molecular flexibility index (Phi) is 5.23. The van der Waals surface area contributed by atoms with E-state index in [2.05, 4.69) is 10.6 Å². The van der Waals surface area contributed by atoms with Gasteiger partial charge in [0.2, 0.25) is 0 Å². The van der Waals surface area contributed by atoms with Gasteiger partial charge in [-0.1, -0.05) is 0 Å². The molecule has 0 radical (unpaired) electrons. The molecule has 0 unspecified atom stereocenters. The van der Waals surface area contributed by atoms with Crippen molar-refractivity contribution >= 4 is 34.6 Å². The number of carbonyl (C=O) groups is 1. The van der Waals surface area contributed by atoms with E-state index in [1.54, 1.807) is 24.3 Å². The average Bonchev–Trinajstić information content (AvgIpc) is 3.12. The lowest BCUT2D eigenvalue weighted by Crippen LogP contribution is -2.27. The number of carbonyl (C=O) groups excluding carboxylic acids is 1. The van der Waals surface area contributed by atoms with Crippen molar-refractivity contribution in [3.63, 3.8) is 0 Å². The van der Waals surface area contributed by atoms with Gasteiger partial charge in [-0.3, -0.25) is 4.79 Å². The fourth-order valence-corrected chi connectivity index (χ4v) is 2.90. The number of thiocarbonyl (C=S) groups is 1. The normalized spacial score (nSPS) is 13.6. The molecule has 0 bridgehead atoms. The number of nitrogens with one attached hydrogen (secondary N) is 2. The van der Waals surface area contributed by atoms with Crippen molar-refractivity contribution < 1.29 is 13.6 Å². The second kappa shape index (κ2) is 7.57. The average molecular weight is 361 g/mol. The molecule has 3 rings (SSSR count). The van der Waals surface area contributed by atoms with Crippen LogP contribution in [0, 0.1) is 11.6 Å². The molecular formula is C18H17F2N3OS. The van der Waals surface area contributed by atoms with Crippen molar-refractivity contribution in [2.45, 2.75) is 12.8 Å². The highest BCUT2D eigenvalue weighted by Crippen LogP contribution is 2.17. The highest BCUT2D eigenvalue weighted by molar-refractivity contribution is 7.80. The zero-order chi connectivity index (χ0) is 17.8. The van der Waals surface area contributed by atoms with Crippen LogP contribution in [-0.2, 0) is 0 Å². The minimum Gasteiger partial charge on any atom is -0.339 e. The Morgan fingerprint density at radius 2 is 1.68 bits per heavy atom. The molecular weight excluding hydrogens is 344 g/mol. The molecule has 1 heterocycles. The standard InChI is InChI=1S/C18H17F2N3OS/c19-13-5-8-16(15(20)11-13)22-18(25)21-14-6-3-12(4-7-14)17(24)23-9-1-2-10-23/h3-8,11H,1-2,9-10H2,(H2,21,22,25). The number of hydrogen-bond donors (Lipinski definition) is 2. The molecule has 1 amide bonds. The number of likely N-dealkylation sites (tertiary alicyclic amines) is 1. The summed E-state index contributed by atoms with van der Waals surface area (Å²) in [6.07, 6.45) is 2.09. The van der Waals surface area contributed by atoms with Crippen LogP contribution in [-0.4, -0.2) is 29.0 Å². The lowest BCUT2D eigenvalue weighted by Gasteiger charge is -2.16. The van der Waals surface area contributed by atoms with Crippen LogP contribution in [0.4, 0.5) is 20.2 Å². The maximum absolute atomic E-state index is 13.6. The van der Waals surface area contributed by atoms with Crippen LogP contribution in [0.1, 0.15) is 23.2 Å². The van der Waals surface area contributed by atoms with E-state index in [1.807, 2.05) is 4.90 Å². The van der Waals surface area contributed by atoms with Crippen LogP contribution in [0.15, 0.2) is 42.5 Å². The first-order chi connectivity index (χ1) is 12.0. The Balaban J connectivity index is 1.60. The minimum atomic E-state index is -0.726. The number of anilines is 2. The number of amides is 1. The largest absolute Gasteiger partial charge is 0.339 e. The fourth-order valence-electron chi connectivity index (χ4n) is 2.67. The fraction of sp³-hybridized carbons (Fsp3) is 0.222. The minimum absolute atomic E-state index is 0.0261. The molecule has 130 valence electrons. The monoisotopic (exact) mass is 361 g/mol. The predicted octanol–water partition coefficient (Wildman–Crippen LogP) is 4.01. The maximum Gasteiger partial charge on any atom is 0.253 e. The van der Waals surface area contributed by atoms with Gasteiger partial charge in [-0.2, -0.15) is 0 Å². The summed E-state index contributed by atoms with van der Waals surface area (Å²) >= 11 is 5.12. The van der Waals surface area contributed by atoms with Gasteiger partial charge in [-0.25, -0.2) is 8.78 Å². The molecule has 4 nitrogen and oxygen atoms in total. The van der Waals surface area contributed by atoms with E-state index in [0.29, 0.717) is 11.3 Å². The molecule has 1 aliphatic heterocycles. The van der Waals surface area contributed by atoms with Crippen LogP contribution < -0.4 is 10.6 Å². The van der Waals surface area contributed by atoms with Gasteiger partial charge >= 0.3 is 0 Å². The molecule has 2 aromatic rings. The van der Waals surface area contributed by atoms with E-state index in [4.69, 9.17) is 12.2 Å². The van der Waals surface area contributed by atoms with E-state index in [-0.39, 0.29) is 16.7 Å². The van der Waals surface area contributed by atoms with E-state index in [0.717, 1.165) is 38.1 Å². The van der Waals surface area contributed by atoms with Crippen molar-refractivity contribution in [1.29, 1.82) is 0 Å². The first-order valence-electron chi connectivity index (χ1n) is 7.95. The van der Waals surface area contributed by atoms with Crippen LogP contribution in [0.25, 0.3) is 0 Å². The zero-order valence-corrected chi connectivity index (χ0v) is 14.2. The Labute approximate surface area is 149 Å². The van der Waals surface area contributed by atoms with Crippen LogP contribution in [0.5, 0.6) is 0 Å². The van der Waals surface area contributed by atoms with E-state index in [9.17, 15) is 13.6 Å². The van der Waals surface area contributed by atoms with Gasteiger partial charge in [-0.05, 0) is 61.5 Å². The summed E-state index contributed by atoms with van der Waals surface area (Å²) in [5.41, 5.74) is 1.37. The number of rotatable bonds is 3. The molecule has 0 saturated carbocycles. The lowest BCUT2D eigenvalue weighted by molar-refractivity contribution is 0.0793. The number of halogens is 2. The Morgan fingerprint density at radius 3 is 2.32 bits per heavy atom. The predicted molar refractivity (Wildman–Crippen MR) is 97.8 cm³/mol. The van der Waals surface area contributed by atoms with Crippen molar-refractivity contribution in [2.75, 3.05) is 23.7 Å². The summed E-state index contributed by atoms with van der Waals surface area (Å²) in [5.74, 6) is -1.35. The molecule has 0 spiro atoms. The van der Waals surface area contributed by atoms with E-state index >= 15 is 0 Å². The molecule has 0 aliphatic carbocycles. The number of nitrogens with zero attached hydrogens (tertiary/aromatic N) is 1. The van der Waals surface area contributed by atoms with Gasteiger partial charge in [0.1, 0.15) is 11.6 Å². The maximum atomic E-state index is 13.6. The van der Waals surface area contributed by atoms with Gasteiger partial charge < -0.3 is 15.5 Å². The molecule has 2 aromatic carbocycles. The van der Waals surface area contributed by atoms with Gasteiger partial charge in [0.25, 0.3) is 5.91 Å². The Hall–Kier alpha value is -2.54. The van der Waals surface area contributed by atoms with E-state index < -0.39 is 11.6 Å². The van der Waals surface area contributed by atoms with Gasteiger partial charge in [-0.15, -0.1) is 0 Å². The van der Waals surface area contributed by atoms with Crippen molar-refractivity contribution in [3.05, 3.63) is 59.7 Å². The summed E-state index contributed by atoms with van der Waals surface area (Å²) < 4.78 is 26.5. The van der Waals surface area contributed by atoms with Crippen LogP contribution in [0.2, 0.25) is 0 Å². The summed E-state index contributed by atoms with van der Waals surface area (Å²) in [4.78, 5) is 14.1. The molecule has 1 saturated heterocycles. The van der Waals surface area contributed by atoms with Crippen molar-refractivity contribution in [1.82, 2.24) is 4.90 Å². The van der Waals surface area contributed by atoms with Gasteiger partial charge in [0.05, 0.1) is 5.69 Å². The Bertz CT molecular complexity index is 789. The second-order valence-corrected chi connectivity index (χ2v) is 6.19. The topological polar surface area (TPSA) is 44.4 Å². The zero-order valence-electron chi connectivity index (χ0n) is 13.4. The van der Waals surface area contributed by atoms with Gasteiger partial charge in [0.15, 0.2) is 5.11 Å². The smallest absolute Gasteiger partial charge is 0.253 e. The molecule has 1 fully saturated rings. The summed E-state index contributed by atoms with van der Waals surface area (Å²) in [6, 6.07) is 10.1. The quantitative estimate of drug-likeness (QED) is 0.811. The van der Waals surface area contributed by atoms with E-state index in [1.165, 1.54) is 6.07 Å². The lowest BCUT2D eigenvalue weighted by atomic mass is 10.2. The van der Waals surface area contributed by atoms with Crippen LogP contribution >= 0.6 is 12.2 Å². The summed E-state index contributed by atoms with van der Waals surface area (Å²) in [6.45, 7) is 1.60. The SMILES string of the molecule is O=C(c1ccc(NC(=S)Nc2ccc(F)cc2F)cc1)N1CCCC1. The molecule has 0 atom stereocenters. The third kappa shape index (κ3) is 4.30. The highest BCUT2D eigenvalue weighted by atomic mass is 32.1. The first-order valence-corrected chi connectivity index (χ1v) is 8.36. The summed E-state index contributed by atoms with van der Waals surface area (Å²) in [5, 5.41) is 5.74. The first kappa shape index (κ1) is 17.3. The van der Waals surface area contributed by atoms with Gasteiger partial charge in [0, 0.05) is 30.4 Å². The molecule has 7 heteroatoms. The molecule has 1 aliphatic rings. The number of benzene rings is 2. The molecule has 2 N–H and O–H groups in total. The summed E-state index contributed by atoms with van der Waals surface area (Å²) in [7, 11) is 0. The third-order valence-electron chi connectivity index (χ3n) is 3.96. The molecule has 0 aromatic heterocycles. The van der Waals surface area contributed by atoms with Crippen molar-refractivity contribution in [3.8, 4) is 0 Å². The van der Waals surface area contributed by atoms with Crippen LogP contribution in [0.3, 0.4) is 0 Å². The Morgan fingerprint density at radius 1 is 1.00 bits per heavy atom. The molecule has 25 heavy (non-hydrogen) atoms. The second-order valence-electron chi connectivity index (χ2n) is 5.78. The highest BCUT2D eigenvalue weighted by Gasteiger charge is 2.19. The van der Waals surface area contributed by atoms with Crippen molar-refractivity contribution in [2.24, 2.45) is 0 Å². The number of hydrogen-bond acceptors (Lipinski definition) is 2. The third-order valence-corrected chi connectivity index (χ3v) is 4.17.